The Hall–Kier alpha value is -1.23. The Morgan fingerprint density at radius 2 is 0.743 bits per heavy atom. The van der Waals surface area contributed by atoms with Gasteiger partial charge < -0.3 is 9.47 Å². The predicted octanol–water partition coefficient (Wildman–Crippen LogP) is 6.85. The molecule has 2 nitrogen and oxygen atoms in total. The molecule has 0 N–H and O–H groups in total. The predicted molar refractivity (Wildman–Crippen MR) is 146 cm³/mol. The Morgan fingerprint density at radius 3 is 1.09 bits per heavy atom. The summed E-state index contributed by atoms with van der Waals surface area (Å²) in [7, 11) is 0. The first-order valence-electron chi connectivity index (χ1n) is 14.4. The lowest BCUT2D eigenvalue weighted by Gasteiger charge is -2.06. The van der Waals surface area contributed by atoms with E-state index in [9.17, 15) is 0 Å². The van der Waals surface area contributed by atoms with Crippen LogP contribution < -0.4 is 30.7 Å². The SMILES string of the molecule is CCCCCCCCCCOc1ccc([I+]c2ccc(OCCCCCCCCCC)cc2)cc1. The Bertz CT molecular complexity index is 663. The van der Waals surface area contributed by atoms with Crippen molar-refractivity contribution < 1.29 is 30.7 Å². The Morgan fingerprint density at radius 1 is 0.429 bits per heavy atom. The monoisotopic (exact) mass is 593 g/mol. The van der Waals surface area contributed by atoms with E-state index in [2.05, 4.69) is 62.4 Å². The molecular formula is C32H50IO2+. The molecule has 196 valence electrons. The molecule has 0 fully saturated rings. The Kier molecular flexibility index (Phi) is 17.9. The van der Waals surface area contributed by atoms with Gasteiger partial charge in [0.2, 0.25) is 0 Å². The molecule has 0 saturated carbocycles. The van der Waals surface area contributed by atoms with Crippen LogP contribution in [0.4, 0.5) is 0 Å². The van der Waals surface area contributed by atoms with Crippen molar-refractivity contribution in [3.63, 3.8) is 0 Å². The van der Waals surface area contributed by atoms with Crippen molar-refractivity contribution in [3.05, 3.63) is 55.7 Å². The van der Waals surface area contributed by atoms with Crippen LogP contribution in [0.15, 0.2) is 48.5 Å². The topological polar surface area (TPSA) is 18.5 Å². The summed E-state index contributed by atoms with van der Waals surface area (Å²) in [4.78, 5) is 0. The highest BCUT2D eigenvalue weighted by Gasteiger charge is 2.15. The zero-order chi connectivity index (χ0) is 24.8. The Balaban J connectivity index is 1.54. The van der Waals surface area contributed by atoms with E-state index in [-0.39, 0.29) is 21.2 Å². The molecule has 2 aromatic carbocycles. The van der Waals surface area contributed by atoms with Gasteiger partial charge in [0.25, 0.3) is 0 Å². The normalized spacial score (nSPS) is 11.0. The van der Waals surface area contributed by atoms with Gasteiger partial charge in [0, 0.05) is 0 Å². The summed E-state index contributed by atoms with van der Waals surface area (Å²) in [5.41, 5.74) is 0. The van der Waals surface area contributed by atoms with Crippen LogP contribution in [0.2, 0.25) is 0 Å². The molecule has 2 aromatic rings. The van der Waals surface area contributed by atoms with Gasteiger partial charge in [-0.3, -0.25) is 0 Å². The van der Waals surface area contributed by atoms with Crippen molar-refractivity contribution in [2.24, 2.45) is 0 Å². The van der Waals surface area contributed by atoms with E-state index in [4.69, 9.17) is 9.47 Å². The molecule has 0 amide bonds. The Labute approximate surface area is 226 Å². The number of benzene rings is 2. The number of rotatable bonds is 22. The molecule has 0 aliphatic carbocycles. The molecule has 3 heteroatoms. The van der Waals surface area contributed by atoms with E-state index in [0.29, 0.717) is 0 Å². The lowest BCUT2D eigenvalue weighted by molar-refractivity contribution is -0.597. The molecule has 0 heterocycles. The molecule has 0 aliphatic rings. The van der Waals surface area contributed by atoms with Gasteiger partial charge in [0.05, 0.1) is 13.2 Å². The third kappa shape index (κ3) is 15.5. The fourth-order valence-electron chi connectivity index (χ4n) is 4.17. The van der Waals surface area contributed by atoms with Crippen molar-refractivity contribution in [1.29, 1.82) is 0 Å². The fourth-order valence-corrected chi connectivity index (χ4v) is 6.32. The quantitative estimate of drug-likeness (QED) is 0.110. The molecule has 0 aliphatic heterocycles. The van der Waals surface area contributed by atoms with Crippen molar-refractivity contribution >= 4 is 0 Å². The maximum atomic E-state index is 5.95. The second-order valence-electron chi connectivity index (χ2n) is 9.65. The van der Waals surface area contributed by atoms with Crippen LogP contribution in [0.25, 0.3) is 0 Å². The first-order valence-corrected chi connectivity index (χ1v) is 16.6. The van der Waals surface area contributed by atoms with E-state index in [1.807, 2.05) is 0 Å². The van der Waals surface area contributed by atoms with E-state index >= 15 is 0 Å². The van der Waals surface area contributed by atoms with Gasteiger partial charge in [0.1, 0.15) is 11.5 Å². The zero-order valence-corrected chi connectivity index (χ0v) is 24.7. The van der Waals surface area contributed by atoms with Crippen molar-refractivity contribution in [3.8, 4) is 11.5 Å². The van der Waals surface area contributed by atoms with E-state index in [0.717, 1.165) is 37.6 Å². The number of ether oxygens (including phenoxy) is 2. The average molecular weight is 594 g/mol. The molecule has 0 saturated heterocycles. The van der Waals surface area contributed by atoms with Gasteiger partial charge in [-0.2, -0.15) is 0 Å². The molecular weight excluding hydrogens is 543 g/mol. The minimum absolute atomic E-state index is 0.166. The number of hydrogen-bond acceptors (Lipinski definition) is 2. The van der Waals surface area contributed by atoms with E-state index in [1.54, 1.807) is 0 Å². The van der Waals surface area contributed by atoms with Crippen LogP contribution in [-0.4, -0.2) is 13.2 Å². The van der Waals surface area contributed by atoms with Crippen LogP contribution in [0.5, 0.6) is 11.5 Å². The van der Waals surface area contributed by atoms with Gasteiger partial charge in [-0.05, 0) is 61.4 Å². The summed E-state index contributed by atoms with van der Waals surface area (Å²) in [5.74, 6) is 2.01. The average Bonchev–Trinajstić information content (AvgIpc) is 2.88. The lowest BCUT2D eigenvalue weighted by Crippen LogP contribution is -3.61. The third-order valence-electron chi connectivity index (χ3n) is 6.38. The van der Waals surface area contributed by atoms with E-state index in [1.165, 1.54) is 97.0 Å². The van der Waals surface area contributed by atoms with E-state index < -0.39 is 0 Å². The second kappa shape index (κ2) is 20.9. The van der Waals surface area contributed by atoms with Crippen LogP contribution in [0.3, 0.4) is 0 Å². The van der Waals surface area contributed by atoms with Crippen LogP contribution >= 0.6 is 0 Å². The number of hydrogen-bond donors (Lipinski definition) is 0. The van der Waals surface area contributed by atoms with Crippen molar-refractivity contribution in [1.82, 2.24) is 0 Å². The molecule has 2 rings (SSSR count). The highest BCUT2D eigenvalue weighted by atomic mass is 127. The highest BCUT2D eigenvalue weighted by Crippen LogP contribution is 2.13. The molecule has 0 unspecified atom stereocenters. The zero-order valence-electron chi connectivity index (χ0n) is 22.5. The van der Waals surface area contributed by atoms with Crippen molar-refractivity contribution in [2.45, 2.75) is 117 Å². The fraction of sp³-hybridized carbons (Fsp3) is 0.625. The molecule has 0 bridgehead atoms. The summed E-state index contributed by atoms with van der Waals surface area (Å²) in [6.07, 6.45) is 21.4. The largest absolute Gasteiger partial charge is 0.494 e. The highest BCUT2D eigenvalue weighted by molar-refractivity contribution is 5.22. The third-order valence-corrected chi connectivity index (χ3v) is 9.06. The van der Waals surface area contributed by atoms with Crippen molar-refractivity contribution in [2.75, 3.05) is 13.2 Å². The lowest BCUT2D eigenvalue weighted by atomic mass is 10.1. The molecule has 0 aromatic heterocycles. The molecule has 35 heavy (non-hydrogen) atoms. The maximum Gasteiger partial charge on any atom is 0.357 e. The smallest absolute Gasteiger partial charge is 0.357 e. The second-order valence-corrected chi connectivity index (χ2v) is 12.7. The minimum atomic E-state index is -0.166. The first-order chi connectivity index (χ1) is 17.3. The van der Waals surface area contributed by atoms with Gasteiger partial charge in [-0.15, -0.1) is 0 Å². The standard InChI is InChI=1S/C32H50IO2/c1-3-5-7-9-11-13-15-17-27-34-31-23-19-29(20-24-31)33-30-21-25-32(26-22-30)35-28-18-16-14-12-10-8-6-4-2/h19-26H,3-18,27-28H2,1-2H3/q+1. The van der Waals surface area contributed by atoms with Crippen LogP contribution in [-0.2, 0) is 0 Å². The maximum absolute atomic E-state index is 5.95. The summed E-state index contributed by atoms with van der Waals surface area (Å²) >= 11 is -0.166. The van der Waals surface area contributed by atoms with Gasteiger partial charge in [-0.25, -0.2) is 0 Å². The van der Waals surface area contributed by atoms with Gasteiger partial charge in [-0.1, -0.05) is 104 Å². The summed E-state index contributed by atoms with van der Waals surface area (Å²) in [6, 6.07) is 17.5. The molecule has 0 spiro atoms. The first kappa shape index (κ1) is 30.0. The molecule has 0 atom stereocenters. The number of unbranched alkanes of at least 4 members (excludes halogenated alkanes) is 14. The summed E-state index contributed by atoms with van der Waals surface area (Å²) in [5, 5.41) is 0. The summed E-state index contributed by atoms with van der Waals surface area (Å²) < 4.78 is 14.8. The number of halogens is 1. The molecule has 0 radical (unpaired) electrons. The van der Waals surface area contributed by atoms with Gasteiger partial charge >= 0.3 is 21.2 Å². The minimum Gasteiger partial charge on any atom is -0.494 e. The van der Waals surface area contributed by atoms with Crippen LogP contribution in [0.1, 0.15) is 117 Å². The summed E-state index contributed by atoms with van der Waals surface area (Å²) in [6.45, 7) is 6.22. The van der Waals surface area contributed by atoms with Crippen LogP contribution in [0, 0.1) is 7.14 Å². The van der Waals surface area contributed by atoms with Gasteiger partial charge in [0.15, 0.2) is 7.14 Å².